The summed E-state index contributed by atoms with van der Waals surface area (Å²) in [6.45, 7) is 4.77. The van der Waals surface area contributed by atoms with Crippen molar-refractivity contribution in [2.24, 2.45) is 0 Å². The molecule has 0 radical (unpaired) electrons. The molecule has 1 aliphatic rings. The number of benzene rings is 2. The van der Waals surface area contributed by atoms with Crippen molar-refractivity contribution in [1.82, 2.24) is 4.57 Å². The molecule has 0 spiro atoms. The van der Waals surface area contributed by atoms with E-state index >= 15 is 0 Å². The van der Waals surface area contributed by atoms with Gasteiger partial charge in [0.2, 0.25) is 0 Å². The Morgan fingerprint density at radius 3 is 2.57 bits per heavy atom. The van der Waals surface area contributed by atoms with Crippen molar-refractivity contribution in [3.8, 4) is 0 Å². The molecule has 5 heteroatoms. The van der Waals surface area contributed by atoms with E-state index in [2.05, 4.69) is 48.9 Å². The summed E-state index contributed by atoms with van der Waals surface area (Å²) in [7, 11) is 0. The van der Waals surface area contributed by atoms with Crippen LogP contribution in [0.25, 0.3) is 10.9 Å². The van der Waals surface area contributed by atoms with E-state index in [0.717, 1.165) is 22.0 Å². The van der Waals surface area contributed by atoms with Crippen LogP contribution >= 0.6 is 11.6 Å². The summed E-state index contributed by atoms with van der Waals surface area (Å²) in [5.74, 6) is 0. The molecule has 0 bridgehead atoms. The zero-order chi connectivity index (χ0) is 19.8. The Bertz CT molecular complexity index is 980. The quantitative estimate of drug-likeness (QED) is 0.677. The Balaban J connectivity index is 1.81. The third-order valence-electron chi connectivity index (χ3n) is 5.61. The molecule has 3 atom stereocenters. The van der Waals surface area contributed by atoms with Gasteiger partial charge in [-0.2, -0.15) is 0 Å². The van der Waals surface area contributed by atoms with Crippen LogP contribution in [0.2, 0.25) is 5.02 Å². The third-order valence-corrected chi connectivity index (χ3v) is 5.91. The van der Waals surface area contributed by atoms with Crippen molar-refractivity contribution < 1.29 is 14.9 Å². The van der Waals surface area contributed by atoms with Gasteiger partial charge in [0.15, 0.2) is 0 Å². The fourth-order valence-electron chi connectivity index (χ4n) is 4.18. The van der Waals surface area contributed by atoms with E-state index < -0.39 is 6.10 Å². The van der Waals surface area contributed by atoms with Crippen LogP contribution in [-0.2, 0) is 11.3 Å². The Kier molecular flexibility index (Phi) is 5.48. The lowest BCUT2D eigenvalue weighted by molar-refractivity contribution is -0.113. The zero-order valence-electron chi connectivity index (χ0n) is 16.2. The molecule has 1 saturated heterocycles. The second kappa shape index (κ2) is 7.88. The number of aryl methyl sites for hydroxylation is 2. The highest BCUT2D eigenvalue weighted by atomic mass is 35.5. The lowest BCUT2D eigenvalue weighted by Gasteiger charge is -2.32. The van der Waals surface area contributed by atoms with E-state index in [1.54, 1.807) is 0 Å². The summed E-state index contributed by atoms with van der Waals surface area (Å²) in [6.07, 6.45) is 2.00. The van der Waals surface area contributed by atoms with Gasteiger partial charge in [-0.25, -0.2) is 0 Å². The van der Waals surface area contributed by atoms with Gasteiger partial charge < -0.3 is 19.5 Å². The second-order valence-electron chi connectivity index (χ2n) is 7.84. The van der Waals surface area contributed by atoms with Gasteiger partial charge >= 0.3 is 0 Å². The number of aliphatic hydroxyl groups excluding tert-OH is 2. The minimum absolute atomic E-state index is 0.0880. The molecule has 0 aliphatic carbocycles. The molecule has 4 nitrogen and oxygen atoms in total. The first-order valence-corrected chi connectivity index (χ1v) is 10.1. The van der Waals surface area contributed by atoms with Gasteiger partial charge in [-0.15, -0.1) is 0 Å². The van der Waals surface area contributed by atoms with Crippen LogP contribution in [0, 0.1) is 13.8 Å². The molecule has 1 fully saturated rings. The van der Waals surface area contributed by atoms with E-state index in [4.69, 9.17) is 16.3 Å². The fourth-order valence-corrected chi connectivity index (χ4v) is 4.44. The molecule has 0 unspecified atom stereocenters. The van der Waals surface area contributed by atoms with Gasteiger partial charge in [0.1, 0.15) is 0 Å². The highest BCUT2D eigenvalue weighted by Gasteiger charge is 2.31. The smallest absolute Gasteiger partial charge is 0.0875 e. The second-order valence-corrected chi connectivity index (χ2v) is 8.25. The molecular weight excluding hydrogens is 374 g/mol. The summed E-state index contributed by atoms with van der Waals surface area (Å²) in [5, 5.41) is 21.6. The predicted molar refractivity (Wildman–Crippen MR) is 112 cm³/mol. The number of aliphatic hydroxyl groups is 2. The monoisotopic (exact) mass is 399 g/mol. The van der Waals surface area contributed by atoms with Crippen molar-refractivity contribution in [3.05, 3.63) is 69.9 Å². The molecule has 4 rings (SSSR count). The number of hydrogen-bond acceptors (Lipinski definition) is 3. The number of halogens is 1. The van der Waals surface area contributed by atoms with Crippen LogP contribution in [-0.4, -0.2) is 33.6 Å². The lowest BCUT2D eigenvalue weighted by Crippen LogP contribution is -2.33. The topological polar surface area (TPSA) is 54.6 Å². The summed E-state index contributed by atoms with van der Waals surface area (Å²) in [4.78, 5) is 0. The molecule has 2 heterocycles. The van der Waals surface area contributed by atoms with Gasteiger partial charge in [0.25, 0.3) is 0 Å². The maximum atomic E-state index is 10.3. The fraction of sp³-hybridized carbons (Fsp3) is 0.391. The van der Waals surface area contributed by atoms with E-state index in [9.17, 15) is 10.2 Å². The van der Waals surface area contributed by atoms with Crippen LogP contribution in [0.3, 0.4) is 0 Å². The minimum atomic E-state index is -0.481. The lowest BCUT2D eigenvalue weighted by atomic mass is 9.94. The Morgan fingerprint density at radius 1 is 1.11 bits per heavy atom. The van der Waals surface area contributed by atoms with Gasteiger partial charge in [0.05, 0.1) is 35.5 Å². The molecule has 0 amide bonds. The van der Waals surface area contributed by atoms with Crippen molar-refractivity contribution in [2.75, 3.05) is 6.61 Å². The molecule has 2 N–H and O–H groups in total. The van der Waals surface area contributed by atoms with Crippen molar-refractivity contribution >= 4 is 22.5 Å². The molecule has 148 valence electrons. The molecule has 3 aromatic rings. The summed E-state index contributed by atoms with van der Waals surface area (Å²) in [6, 6.07) is 12.4. The Morgan fingerprint density at radius 2 is 1.86 bits per heavy atom. The number of hydrogen-bond donors (Lipinski definition) is 2. The molecule has 28 heavy (non-hydrogen) atoms. The maximum Gasteiger partial charge on any atom is 0.0875 e. The zero-order valence-corrected chi connectivity index (χ0v) is 17.0. The van der Waals surface area contributed by atoms with Crippen LogP contribution in [0.5, 0.6) is 0 Å². The van der Waals surface area contributed by atoms with Crippen LogP contribution < -0.4 is 0 Å². The number of nitrogens with zero attached hydrogens (tertiary/aromatic N) is 1. The Hall–Kier alpha value is -1.85. The van der Waals surface area contributed by atoms with Crippen LogP contribution in [0.1, 0.15) is 41.2 Å². The number of fused-ring (bicyclic) bond motifs is 1. The Labute approximate surface area is 170 Å². The summed E-state index contributed by atoms with van der Waals surface area (Å²) >= 11 is 6.61. The predicted octanol–water partition coefficient (Wildman–Crippen LogP) is 4.53. The van der Waals surface area contributed by atoms with E-state index in [-0.39, 0.29) is 18.8 Å². The van der Waals surface area contributed by atoms with E-state index in [1.807, 2.05) is 12.1 Å². The van der Waals surface area contributed by atoms with Crippen molar-refractivity contribution in [1.29, 1.82) is 0 Å². The van der Waals surface area contributed by atoms with Gasteiger partial charge in [-0.3, -0.25) is 0 Å². The van der Waals surface area contributed by atoms with E-state index in [1.165, 1.54) is 11.1 Å². The first-order valence-electron chi connectivity index (χ1n) is 9.74. The third kappa shape index (κ3) is 3.70. The highest BCUT2D eigenvalue weighted by Crippen LogP contribution is 2.40. The van der Waals surface area contributed by atoms with Crippen LogP contribution in [0.15, 0.2) is 42.6 Å². The summed E-state index contributed by atoms with van der Waals surface area (Å²) in [5.41, 5.74) is 5.57. The normalized spacial score (nSPS) is 22.7. The number of ether oxygens (including phenoxy) is 1. The average Bonchev–Trinajstić information content (AvgIpc) is 3.06. The first kappa shape index (κ1) is 19.5. The average molecular weight is 400 g/mol. The molecule has 2 aromatic carbocycles. The standard InChI is InChI=1S/C23H26ClNO3/c1-14-3-6-16(7-4-14)11-25-12-19(21-10-17(27)9-18(13-26)28-21)22-15(2)5-8-20(24)23(22)25/h3-8,12,17-18,21,26-27H,9-11,13H2,1-2H3/t17-,18-,21+/m0/s1. The SMILES string of the molecule is Cc1ccc(Cn2cc([C@H]3C[C@@H](O)C[C@@H](CO)O3)c3c(C)ccc(Cl)c32)cc1. The maximum absolute atomic E-state index is 10.3. The van der Waals surface area contributed by atoms with Gasteiger partial charge in [-0.1, -0.05) is 47.5 Å². The number of aromatic nitrogens is 1. The molecule has 1 aliphatic heterocycles. The molecule has 0 saturated carbocycles. The van der Waals surface area contributed by atoms with Gasteiger partial charge in [-0.05, 0) is 31.0 Å². The number of rotatable bonds is 4. The largest absolute Gasteiger partial charge is 0.394 e. The van der Waals surface area contributed by atoms with Gasteiger partial charge in [0, 0.05) is 36.5 Å². The molecule has 1 aromatic heterocycles. The van der Waals surface area contributed by atoms with Crippen LogP contribution in [0.4, 0.5) is 0 Å². The highest BCUT2D eigenvalue weighted by molar-refractivity contribution is 6.35. The van der Waals surface area contributed by atoms with E-state index in [0.29, 0.717) is 24.4 Å². The van der Waals surface area contributed by atoms with Crippen molar-refractivity contribution in [2.45, 2.75) is 51.5 Å². The molecular formula is C23H26ClNO3. The summed E-state index contributed by atoms with van der Waals surface area (Å²) < 4.78 is 8.28. The van der Waals surface area contributed by atoms with Crippen molar-refractivity contribution in [3.63, 3.8) is 0 Å². The first-order chi connectivity index (χ1) is 13.5. The minimum Gasteiger partial charge on any atom is -0.394 e.